The Kier molecular flexibility index (Phi) is 5.06. The SMILES string of the molecule is CCCOc1cccc([C@@H]2c3c(oc4cc(C)c(C)cc4c3=O)C(=O)N2c2nccs2)c1. The van der Waals surface area contributed by atoms with E-state index in [2.05, 4.69) is 4.98 Å². The van der Waals surface area contributed by atoms with Gasteiger partial charge in [-0.05, 0) is 61.2 Å². The molecule has 162 valence electrons. The molecule has 2 aromatic carbocycles. The number of hydrogen-bond acceptors (Lipinski definition) is 6. The molecule has 5 rings (SSSR count). The third-order valence-corrected chi connectivity index (χ3v) is 6.53. The van der Waals surface area contributed by atoms with Crippen LogP contribution in [0.4, 0.5) is 5.13 Å². The van der Waals surface area contributed by atoms with Gasteiger partial charge in [-0.3, -0.25) is 14.5 Å². The van der Waals surface area contributed by atoms with Crippen molar-refractivity contribution in [2.75, 3.05) is 11.5 Å². The van der Waals surface area contributed by atoms with Gasteiger partial charge in [0.2, 0.25) is 5.76 Å². The molecule has 2 aromatic heterocycles. The maximum atomic E-state index is 13.7. The highest BCUT2D eigenvalue weighted by Crippen LogP contribution is 2.42. The van der Waals surface area contributed by atoms with Crippen molar-refractivity contribution in [3.63, 3.8) is 0 Å². The van der Waals surface area contributed by atoms with E-state index in [0.717, 1.165) is 23.1 Å². The fourth-order valence-corrected chi connectivity index (χ4v) is 4.74. The van der Waals surface area contributed by atoms with Crippen LogP contribution in [0.2, 0.25) is 0 Å². The first kappa shape index (κ1) is 20.5. The molecule has 1 aliphatic rings. The number of fused-ring (bicyclic) bond motifs is 2. The quantitative estimate of drug-likeness (QED) is 0.410. The van der Waals surface area contributed by atoms with E-state index in [1.165, 1.54) is 11.3 Å². The van der Waals surface area contributed by atoms with Crippen LogP contribution in [0.25, 0.3) is 11.0 Å². The van der Waals surface area contributed by atoms with Gasteiger partial charge in [0.05, 0.1) is 23.6 Å². The van der Waals surface area contributed by atoms with Crippen molar-refractivity contribution in [3.8, 4) is 5.75 Å². The van der Waals surface area contributed by atoms with E-state index < -0.39 is 6.04 Å². The molecule has 0 aliphatic carbocycles. The molecule has 0 saturated heterocycles. The number of aryl methyl sites for hydroxylation is 2. The maximum absolute atomic E-state index is 13.7. The number of nitrogens with zero attached hydrogens (tertiary/aromatic N) is 2. The van der Waals surface area contributed by atoms with Gasteiger partial charge in [-0.2, -0.15) is 0 Å². The third kappa shape index (κ3) is 3.20. The molecule has 0 N–H and O–H groups in total. The lowest BCUT2D eigenvalue weighted by molar-refractivity contribution is 0.0971. The van der Waals surface area contributed by atoms with Gasteiger partial charge in [-0.15, -0.1) is 11.3 Å². The van der Waals surface area contributed by atoms with Crippen LogP contribution in [-0.4, -0.2) is 17.5 Å². The number of thiazole rings is 1. The Morgan fingerprint density at radius 1 is 1.16 bits per heavy atom. The first-order valence-electron chi connectivity index (χ1n) is 10.5. The van der Waals surface area contributed by atoms with Crippen LogP contribution < -0.4 is 15.1 Å². The summed E-state index contributed by atoms with van der Waals surface area (Å²) in [6.45, 7) is 6.54. The number of amides is 1. The molecule has 0 bridgehead atoms. The van der Waals surface area contributed by atoms with E-state index in [1.807, 2.05) is 62.5 Å². The van der Waals surface area contributed by atoms with E-state index in [4.69, 9.17) is 9.15 Å². The van der Waals surface area contributed by atoms with Gasteiger partial charge >= 0.3 is 0 Å². The minimum absolute atomic E-state index is 0.0748. The summed E-state index contributed by atoms with van der Waals surface area (Å²) in [4.78, 5) is 33.1. The number of carbonyl (C=O) groups excluding carboxylic acids is 1. The van der Waals surface area contributed by atoms with E-state index >= 15 is 0 Å². The first-order valence-corrected chi connectivity index (χ1v) is 11.4. The molecule has 0 fully saturated rings. The maximum Gasteiger partial charge on any atom is 0.297 e. The summed E-state index contributed by atoms with van der Waals surface area (Å²) in [7, 11) is 0. The topological polar surface area (TPSA) is 72.6 Å². The molecule has 6 nitrogen and oxygen atoms in total. The van der Waals surface area contributed by atoms with E-state index in [-0.39, 0.29) is 17.1 Å². The molecule has 3 heterocycles. The lowest BCUT2D eigenvalue weighted by Crippen LogP contribution is -2.29. The predicted octanol–water partition coefficient (Wildman–Crippen LogP) is 5.40. The number of hydrogen-bond donors (Lipinski definition) is 0. The minimum Gasteiger partial charge on any atom is -0.494 e. The van der Waals surface area contributed by atoms with Crippen molar-refractivity contribution in [1.29, 1.82) is 0 Å². The zero-order chi connectivity index (χ0) is 22.4. The summed E-state index contributed by atoms with van der Waals surface area (Å²) in [6.07, 6.45) is 2.53. The Balaban J connectivity index is 1.76. The zero-order valence-corrected chi connectivity index (χ0v) is 18.9. The molecule has 1 aliphatic heterocycles. The summed E-state index contributed by atoms with van der Waals surface area (Å²) < 4.78 is 11.9. The van der Waals surface area contributed by atoms with Crippen LogP contribution in [0.15, 0.2) is 57.2 Å². The summed E-state index contributed by atoms with van der Waals surface area (Å²) in [5.74, 6) is 0.406. The van der Waals surface area contributed by atoms with E-state index in [9.17, 15) is 9.59 Å². The van der Waals surface area contributed by atoms with Crippen molar-refractivity contribution in [2.24, 2.45) is 0 Å². The van der Waals surface area contributed by atoms with Gasteiger partial charge in [0, 0.05) is 11.6 Å². The average Bonchev–Trinajstić information content (AvgIpc) is 3.41. The molecule has 1 atom stereocenters. The van der Waals surface area contributed by atoms with Gasteiger partial charge < -0.3 is 9.15 Å². The summed E-state index contributed by atoms with van der Waals surface area (Å²) in [5, 5.41) is 2.80. The zero-order valence-electron chi connectivity index (χ0n) is 18.0. The molecular formula is C25H22N2O4S. The van der Waals surface area contributed by atoms with Crippen LogP contribution in [0.1, 0.15) is 52.2 Å². The summed E-state index contributed by atoms with van der Waals surface area (Å²) in [6, 6.07) is 10.5. The first-order chi connectivity index (χ1) is 15.5. The van der Waals surface area contributed by atoms with Crippen molar-refractivity contribution < 1.29 is 13.9 Å². The Morgan fingerprint density at radius 2 is 1.97 bits per heavy atom. The fourth-order valence-electron chi connectivity index (χ4n) is 4.07. The van der Waals surface area contributed by atoms with Crippen LogP contribution in [0, 0.1) is 13.8 Å². The van der Waals surface area contributed by atoms with Crippen LogP contribution >= 0.6 is 11.3 Å². The molecule has 0 spiro atoms. The van der Waals surface area contributed by atoms with E-state index in [1.54, 1.807) is 11.1 Å². The molecule has 4 aromatic rings. The minimum atomic E-state index is -0.643. The Hall–Kier alpha value is -3.45. The molecule has 0 radical (unpaired) electrons. The number of ether oxygens (including phenoxy) is 1. The monoisotopic (exact) mass is 446 g/mol. The molecule has 32 heavy (non-hydrogen) atoms. The smallest absolute Gasteiger partial charge is 0.297 e. The number of anilines is 1. The van der Waals surface area contributed by atoms with Gasteiger partial charge in [0.25, 0.3) is 5.91 Å². The van der Waals surface area contributed by atoms with Gasteiger partial charge in [0.15, 0.2) is 10.6 Å². The number of benzene rings is 2. The highest BCUT2D eigenvalue weighted by molar-refractivity contribution is 7.13. The second-order valence-corrected chi connectivity index (χ2v) is 8.79. The molecule has 0 saturated carbocycles. The highest BCUT2D eigenvalue weighted by Gasteiger charge is 2.44. The van der Waals surface area contributed by atoms with Crippen molar-refractivity contribution >= 4 is 33.3 Å². The lowest BCUT2D eigenvalue weighted by Gasteiger charge is -2.23. The van der Waals surface area contributed by atoms with E-state index in [0.29, 0.717) is 34.0 Å². The molecular weight excluding hydrogens is 424 g/mol. The van der Waals surface area contributed by atoms with Crippen LogP contribution in [0.5, 0.6) is 5.75 Å². The second kappa shape index (κ2) is 7.91. The number of aromatic nitrogens is 1. The Bertz CT molecular complexity index is 1390. The highest BCUT2D eigenvalue weighted by atomic mass is 32.1. The molecule has 1 amide bonds. The summed E-state index contributed by atoms with van der Waals surface area (Å²) >= 11 is 1.35. The van der Waals surface area contributed by atoms with Crippen LogP contribution in [-0.2, 0) is 0 Å². The predicted molar refractivity (Wildman–Crippen MR) is 125 cm³/mol. The van der Waals surface area contributed by atoms with Crippen molar-refractivity contribution in [2.45, 2.75) is 33.2 Å². The van der Waals surface area contributed by atoms with Crippen molar-refractivity contribution in [3.05, 3.63) is 86.2 Å². The van der Waals surface area contributed by atoms with Crippen molar-refractivity contribution in [1.82, 2.24) is 4.98 Å². The lowest BCUT2D eigenvalue weighted by atomic mass is 9.97. The summed E-state index contributed by atoms with van der Waals surface area (Å²) in [5.41, 5.74) is 3.34. The molecule has 0 unspecified atom stereocenters. The number of rotatable bonds is 5. The average molecular weight is 447 g/mol. The number of carbonyl (C=O) groups is 1. The third-order valence-electron chi connectivity index (χ3n) is 5.76. The van der Waals surface area contributed by atoms with Gasteiger partial charge in [-0.25, -0.2) is 4.98 Å². The van der Waals surface area contributed by atoms with Gasteiger partial charge in [0.1, 0.15) is 11.3 Å². The Morgan fingerprint density at radius 3 is 2.72 bits per heavy atom. The fraction of sp³-hybridized carbons (Fsp3) is 0.240. The van der Waals surface area contributed by atoms with Gasteiger partial charge in [-0.1, -0.05) is 19.1 Å². The Labute approximate surface area is 189 Å². The normalized spacial score (nSPS) is 15.4. The second-order valence-electron chi connectivity index (χ2n) is 7.92. The largest absolute Gasteiger partial charge is 0.494 e. The standard InChI is InChI=1S/C25H22N2O4S/c1-4-9-30-17-7-5-6-16(13-17)21-20-22(28)18-11-14(2)15(3)12-19(18)31-23(20)24(29)27(21)25-26-8-10-32-25/h5-8,10-13,21H,4,9H2,1-3H3/t21-/m1/s1. The van der Waals surface area contributed by atoms with Crippen LogP contribution in [0.3, 0.4) is 0 Å². The molecule has 7 heteroatoms.